The molecule has 0 aliphatic heterocycles. The van der Waals surface area contributed by atoms with Gasteiger partial charge in [0.15, 0.2) is 0 Å². The second-order valence-corrected chi connectivity index (χ2v) is 15.4. The quantitative estimate of drug-likeness (QED) is 0.392. The maximum atomic E-state index is 9.79. The molecule has 0 unspecified atom stereocenters. The highest BCUT2D eigenvalue weighted by atomic mass is 31.2. The Morgan fingerprint density at radius 1 is 0.611 bits per heavy atom. The predicted octanol–water partition coefficient (Wildman–Crippen LogP) is 8.85. The first-order chi connectivity index (χ1) is 16.0. The molecule has 0 aromatic heterocycles. The average Bonchev–Trinajstić information content (AvgIpc) is 2.65. The first kappa shape index (κ1) is 31.0. The highest BCUT2D eigenvalue weighted by Crippen LogP contribution is 2.45. The van der Waals surface area contributed by atoms with E-state index in [4.69, 9.17) is 4.52 Å². The lowest BCUT2D eigenvalue weighted by Crippen LogP contribution is -2.26. The van der Waals surface area contributed by atoms with Crippen molar-refractivity contribution in [2.75, 3.05) is 6.61 Å². The molecule has 2 aromatic carbocycles. The zero-order valence-corrected chi connectivity index (χ0v) is 26.2. The zero-order chi connectivity index (χ0) is 28.0. The molecule has 0 spiro atoms. The highest BCUT2D eigenvalue weighted by molar-refractivity contribution is 7.39. The fourth-order valence-corrected chi connectivity index (χ4v) is 5.36. The zero-order valence-electron chi connectivity index (χ0n) is 25.3. The Morgan fingerprint density at radius 3 is 1.19 bits per heavy atom. The van der Waals surface area contributed by atoms with Gasteiger partial charge in [0.1, 0.15) is 0 Å². The van der Waals surface area contributed by atoms with Gasteiger partial charge in [0.25, 0.3) is 0 Å². The Morgan fingerprint density at radius 2 is 0.944 bits per heavy atom. The van der Waals surface area contributed by atoms with Crippen LogP contribution in [0.1, 0.15) is 134 Å². The molecule has 0 heterocycles. The summed E-state index contributed by atoms with van der Waals surface area (Å²) in [7, 11) is -2.46. The average molecular weight is 515 g/mol. The van der Waals surface area contributed by atoms with Crippen molar-refractivity contribution in [1.29, 1.82) is 0 Å². The molecule has 2 N–H and O–H groups in total. The van der Waals surface area contributed by atoms with Crippen LogP contribution < -0.4 is 0 Å². The molecule has 0 aliphatic rings. The summed E-state index contributed by atoms with van der Waals surface area (Å²) in [4.78, 5) is 19.6. The first-order valence-corrected chi connectivity index (χ1v) is 14.3. The lowest BCUT2D eigenvalue weighted by Gasteiger charge is -2.36. The van der Waals surface area contributed by atoms with Gasteiger partial charge in [-0.2, -0.15) is 0 Å². The first-order valence-electron chi connectivity index (χ1n) is 13.2. The van der Waals surface area contributed by atoms with Crippen molar-refractivity contribution in [2.45, 2.75) is 125 Å². The third-order valence-corrected chi connectivity index (χ3v) is 7.56. The monoisotopic (exact) mass is 514 g/mol. The van der Waals surface area contributed by atoms with Crippen molar-refractivity contribution < 1.29 is 14.3 Å². The topological polar surface area (TPSA) is 49.7 Å². The van der Waals surface area contributed by atoms with E-state index in [1.54, 1.807) is 0 Å². The summed E-state index contributed by atoms with van der Waals surface area (Å²) in [6, 6.07) is 9.36. The van der Waals surface area contributed by atoms with Gasteiger partial charge in [0.05, 0.1) is 6.61 Å². The van der Waals surface area contributed by atoms with Crippen LogP contribution in [0.4, 0.5) is 0 Å². The van der Waals surface area contributed by atoms with Gasteiger partial charge in [-0.3, -0.25) is 0 Å². The Bertz CT molecular complexity index is 990. The lowest BCUT2D eigenvalue weighted by molar-refractivity contribution is 0.245. The number of hydrogen-bond acceptors (Lipinski definition) is 3. The molecule has 202 valence electrons. The van der Waals surface area contributed by atoms with Crippen LogP contribution >= 0.6 is 8.60 Å². The van der Waals surface area contributed by atoms with Crippen LogP contribution in [-0.2, 0) is 26.2 Å². The van der Waals surface area contributed by atoms with Gasteiger partial charge in [-0.05, 0) is 80.0 Å². The highest BCUT2D eigenvalue weighted by Gasteiger charge is 2.34. The minimum atomic E-state index is -2.46. The maximum absolute atomic E-state index is 9.79. The van der Waals surface area contributed by atoms with Gasteiger partial charge in [-0.1, -0.05) is 107 Å². The molecule has 2 rings (SSSR count). The van der Waals surface area contributed by atoms with Crippen molar-refractivity contribution in [3.63, 3.8) is 0 Å². The lowest BCUT2D eigenvalue weighted by atomic mass is 9.69. The second kappa shape index (κ2) is 10.5. The van der Waals surface area contributed by atoms with Crippen LogP contribution in [0.3, 0.4) is 0 Å². The van der Waals surface area contributed by atoms with E-state index in [9.17, 15) is 9.79 Å². The Kier molecular flexibility index (Phi) is 9.02. The summed E-state index contributed by atoms with van der Waals surface area (Å²) < 4.78 is 5.63. The minimum absolute atomic E-state index is 0.0284. The van der Waals surface area contributed by atoms with Crippen LogP contribution in [0.25, 0.3) is 0 Å². The summed E-state index contributed by atoms with van der Waals surface area (Å²) in [6.07, 6.45) is 0. The maximum Gasteiger partial charge on any atom is 0.327 e. The molecule has 0 amide bonds. The van der Waals surface area contributed by atoms with Gasteiger partial charge in [-0.25, -0.2) is 0 Å². The van der Waals surface area contributed by atoms with Crippen LogP contribution in [0, 0.1) is 13.8 Å². The molecule has 2 aromatic rings. The third kappa shape index (κ3) is 7.19. The molecule has 0 fully saturated rings. The molecule has 0 saturated carbocycles. The van der Waals surface area contributed by atoms with Gasteiger partial charge >= 0.3 is 8.60 Å². The Hall–Kier alpha value is -1.25. The fourth-order valence-electron chi connectivity index (χ4n) is 5.08. The SMILES string of the molecule is Cc1cc(C(C)(C)C)cc(C(C)(C)C)c1C(COP(O)O)c1c(C)cc(C(C)(C)C)cc1C(C)(C)C. The van der Waals surface area contributed by atoms with E-state index in [0.29, 0.717) is 0 Å². The Balaban J connectivity index is 3.03. The van der Waals surface area contributed by atoms with E-state index < -0.39 is 8.60 Å². The summed E-state index contributed by atoms with van der Waals surface area (Å²) in [5, 5.41) is 0. The molecular weight excluding hydrogens is 463 g/mol. The minimum Gasteiger partial charge on any atom is -0.328 e. The molecule has 0 bridgehead atoms. The van der Waals surface area contributed by atoms with Crippen molar-refractivity contribution >= 4 is 8.60 Å². The normalized spacial score (nSPS) is 13.7. The van der Waals surface area contributed by atoms with Gasteiger partial charge in [0.2, 0.25) is 0 Å². The molecular formula is C32H51O3P. The number of benzene rings is 2. The van der Waals surface area contributed by atoms with Crippen molar-refractivity contribution in [3.8, 4) is 0 Å². The van der Waals surface area contributed by atoms with E-state index >= 15 is 0 Å². The summed E-state index contributed by atoms with van der Waals surface area (Å²) in [5.74, 6) is -0.124. The van der Waals surface area contributed by atoms with Crippen LogP contribution in [0.5, 0.6) is 0 Å². The van der Waals surface area contributed by atoms with E-state index in [-0.39, 0.29) is 34.2 Å². The van der Waals surface area contributed by atoms with E-state index in [1.165, 1.54) is 44.5 Å². The van der Waals surface area contributed by atoms with Gasteiger partial charge in [0, 0.05) is 5.92 Å². The molecule has 0 aliphatic carbocycles. The second-order valence-electron chi connectivity index (χ2n) is 14.6. The summed E-state index contributed by atoms with van der Waals surface area (Å²) in [6.45, 7) is 31.7. The molecule has 0 saturated heterocycles. The van der Waals surface area contributed by atoms with Crippen molar-refractivity contribution in [1.82, 2.24) is 0 Å². The van der Waals surface area contributed by atoms with E-state index in [0.717, 1.165) is 0 Å². The van der Waals surface area contributed by atoms with Gasteiger partial charge in [-0.15, -0.1) is 0 Å². The number of rotatable bonds is 5. The summed E-state index contributed by atoms with van der Waals surface area (Å²) >= 11 is 0. The van der Waals surface area contributed by atoms with Crippen molar-refractivity contribution in [3.05, 3.63) is 68.8 Å². The predicted molar refractivity (Wildman–Crippen MR) is 156 cm³/mol. The van der Waals surface area contributed by atoms with Crippen LogP contribution in [0.15, 0.2) is 24.3 Å². The standard InChI is InChI=1S/C32H51O3P/c1-20-15-22(29(3,4)5)17-25(31(9,10)11)27(20)24(19-35-36(33)34)28-21(2)16-23(30(6,7)8)18-26(28)32(12,13)14/h15-18,24,33-34H,19H2,1-14H3. The van der Waals surface area contributed by atoms with Crippen LogP contribution in [0.2, 0.25) is 0 Å². The molecule has 0 atom stereocenters. The number of hydrogen-bond donors (Lipinski definition) is 2. The van der Waals surface area contributed by atoms with E-state index in [2.05, 4.69) is 121 Å². The molecule has 36 heavy (non-hydrogen) atoms. The third-order valence-electron chi connectivity index (χ3n) is 7.18. The summed E-state index contributed by atoms with van der Waals surface area (Å²) in [5.41, 5.74) is 10.0. The smallest absolute Gasteiger partial charge is 0.327 e. The molecule has 4 heteroatoms. The molecule has 3 nitrogen and oxygen atoms in total. The largest absolute Gasteiger partial charge is 0.328 e. The van der Waals surface area contributed by atoms with Gasteiger partial charge < -0.3 is 14.3 Å². The van der Waals surface area contributed by atoms with Crippen LogP contribution in [-0.4, -0.2) is 16.4 Å². The Labute approximate surface area is 222 Å². The van der Waals surface area contributed by atoms with E-state index in [1.807, 2.05) is 0 Å². The number of aryl methyl sites for hydroxylation is 2. The van der Waals surface area contributed by atoms with Crippen molar-refractivity contribution in [2.24, 2.45) is 0 Å². The fraction of sp³-hybridized carbons (Fsp3) is 0.625. The molecule has 0 radical (unpaired) electrons.